The highest BCUT2D eigenvalue weighted by Gasteiger charge is 2.34. The Morgan fingerprint density at radius 1 is 1.05 bits per heavy atom. The van der Waals surface area contributed by atoms with Gasteiger partial charge in [0.2, 0.25) is 0 Å². The molecule has 5 rings (SSSR count). The lowest BCUT2D eigenvalue weighted by molar-refractivity contribution is -0.122. The minimum atomic E-state index is -0.321. The van der Waals surface area contributed by atoms with Gasteiger partial charge in [0, 0.05) is 44.0 Å². The summed E-state index contributed by atoms with van der Waals surface area (Å²) in [6.45, 7) is 7.14. The van der Waals surface area contributed by atoms with Gasteiger partial charge in [-0.2, -0.15) is 5.26 Å². The van der Waals surface area contributed by atoms with Crippen molar-refractivity contribution in [2.75, 3.05) is 43.1 Å². The Balaban J connectivity index is 1.52. The van der Waals surface area contributed by atoms with Crippen LogP contribution in [-0.2, 0) is 17.9 Å². The minimum Gasteiger partial charge on any atom is -0.497 e. The van der Waals surface area contributed by atoms with Crippen molar-refractivity contribution < 1.29 is 13.9 Å². The summed E-state index contributed by atoms with van der Waals surface area (Å²) in [7, 11) is 1.60. The number of piperazine rings is 1. The monoisotopic (exact) mass is 631 g/mol. The van der Waals surface area contributed by atoms with Crippen molar-refractivity contribution in [3.63, 3.8) is 0 Å². The number of amides is 1. The predicted molar refractivity (Wildman–Crippen MR) is 178 cm³/mol. The number of unbranched alkanes of at least 4 members (excludes halogenated alkanes) is 1. The van der Waals surface area contributed by atoms with E-state index in [2.05, 4.69) is 22.8 Å². The smallest absolute Gasteiger partial charge is 0.270 e. The number of rotatable bonds is 9. The van der Waals surface area contributed by atoms with Crippen LogP contribution in [0.4, 0.5) is 15.9 Å². The van der Waals surface area contributed by atoms with E-state index in [0.717, 1.165) is 29.8 Å². The number of hydrogen-bond acceptors (Lipinski definition) is 8. The number of halogens is 1. The van der Waals surface area contributed by atoms with Crippen molar-refractivity contribution >= 4 is 51.8 Å². The van der Waals surface area contributed by atoms with Crippen LogP contribution in [-0.4, -0.2) is 53.0 Å². The summed E-state index contributed by atoms with van der Waals surface area (Å²) in [5.74, 6) is 0.942. The van der Waals surface area contributed by atoms with E-state index in [-0.39, 0.29) is 22.8 Å². The number of nitriles is 1. The lowest BCUT2D eigenvalue weighted by Gasteiger charge is -2.39. The Labute approximate surface area is 266 Å². The molecule has 1 amide bonds. The molecule has 2 saturated heterocycles. The molecule has 0 unspecified atom stereocenters. The van der Waals surface area contributed by atoms with Crippen molar-refractivity contribution in [3.8, 4) is 11.8 Å². The lowest BCUT2D eigenvalue weighted by atomic mass is 10.0. The summed E-state index contributed by atoms with van der Waals surface area (Å²) in [4.78, 5) is 33.7. The SMILES string of the molecule is CCCCn1c(N2CCN(c3ccc(F)cc3)CC2)c(/C=C2/SC(=S)N(Cc3ccc(OC)cc3)C2=O)c(C)c(C#N)c1=O. The van der Waals surface area contributed by atoms with Crippen molar-refractivity contribution in [1.82, 2.24) is 9.47 Å². The fourth-order valence-electron chi connectivity index (χ4n) is 5.52. The third-order valence-electron chi connectivity index (χ3n) is 8.00. The molecular formula is C33H34FN5O3S2. The van der Waals surface area contributed by atoms with Gasteiger partial charge in [0.05, 0.1) is 18.6 Å². The summed E-state index contributed by atoms with van der Waals surface area (Å²) >= 11 is 6.85. The van der Waals surface area contributed by atoms with Crippen molar-refractivity contribution in [2.45, 2.75) is 39.8 Å². The van der Waals surface area contributed by atoms with Gasteiger partial charge in [-0.1, -0.05) is 49.5 Å². The molecular weight excluding hydrogens is 598 g/mol. The van der Waals surface area contributed by atoms with Crippen LogP contribution in [0.5, 0.6) is 5.75 Å². The Morgan fingerprint density at radius 3 is 2.32 bits per heavy atom. The zero-order valence-electron chi connectivity index (χ0n) is 25.0. The first-order chi connectivity index (χ1) is 21.2. The van der Waals surface area contributed by atoms with Crippen LogP contribution in [0.25, 0.3) is 6.08 Å². The number of aromatic nitrogens is 1. The zero-order chi connectivity index (χ0) is 31.4. The molecule has 2 aliphatic heterocycles. The van der Waals surface area contributed by atoms with Crippen LogP contribution >= 0.6 is 24.0 Å². The van der Waals surface area contributed by atoms with Gasteiger partial charge < -0.3 is 14.5 Å². The van der Waals surface area contributed by atoms with E-state index in [0.29, 0.717) is 65.4 Å². The highest BCUT2D eigenvalue weighted by Crippen LogP contribution is 2.37. The molecule has 2 aromatic carbocycles. The summed E-state index contributed by atoms with van der Waals surface area (Å²) in [6, 6.07) is 16.1. The number of hydrogen-bond donors (Lipinski definition) is 0. The number of pyridine rings is 1. The van der Waals surface area contributed by atoms with Crippen LogP contribution in [0.3, 0.4) is 0 Å². The fourth-order valence-corrected chi connectivity index (χ4v) is 6.75. The second-order valence-electron chi connectivity index (χ2n) is 10.7. The second kappa shape index (κ2) is 13.7. The first-order valence-electron chi connectivity index (χ1n) is 14.6. The highest BCUT2D eigenvalue weighted by atomic mass is 32.2. The number of thioether (sulfide) groups is 1. The van der Waals surface area contributed by atoms with Crippen LogP contribution < -0.4 is 20.1 Å². The molecule has 228 valence electrons. The maximum absolute atomic E-state index is 13.7. The van der Waals surface area contributed by atoms with Crippen molar-refractivity contribution in [1.29, 1.82) is 5.26 Å². The van der Waals surface area contributed by atoms with Crippen LogP contribution in [0.2, 0.25) is 0 Å². The van der Waals surface area contributed by atoms with Gasteiger partial charge in [0.15, 0.2) is 0 Å². The summed E-state index contributed by atoms with van der Waals surface area (Å²) < 4.78 is 20.9. The lowest BCUT2D eigenvalue weighted by Crippen LogP contribution is -2.48. The number of carbonyl (C=O) groups excluding carboxylic acids is 1. The van der Waals surface area contributed by atoms with Crippen LogP contribution in [0.15, 0.2) is 58.2 Å². The standard InChI is InChI=1S/C33H34FN5O3S2/c1-4-5-14-38-30(37-17-15-36(16-18-37)25-10-8-24(34)9-11-25)27(22(2)28(20-35)31(38)40)19-29-32(41)39(33(43)44-29)21-23-6-12-26(42-3)13-7-23/h6-13,19H,4-5,14-18,21H2,1-3H3/b29-19+. The molecule has 1 aromatic heterocycles. The normalized spacial score (nSPS) is 16.2. The number of methoxy groups -OCH3 is 1. The van der Waals surface area contributed by atoms with Gasteiger partial charge in [-0.05, 0) is 66.9 Å². The van der Waals surface area contributed by atoms with E-state index in [9.17, 15) is 19.2 Å². The molecule has 0 aliphatic carbocycles. The van der Waals surface area contributed by atoms with Gasteiger partial charge in [0.25, 0.3) is 11.5 Å². The maximum atomic E-state index is 13.7. The number of anilines is 2. The van der Waals surface area contributed by atoms with Crippen molar-refractivity contribution in [2.24, 2.45) is 0 Å². The average Bonchev–Trinajstić information content (AvgIpc) is 3.30. The van der Waals surface area contributed by atoms with Crippen molar-refractivity contribution in [3.05, 3.63) is 91.9 Å². The first kappa shape index (κ1) is 31.3. The Kier molecular flexibility index (Phi) is 9.71. The Hall–Kier alpha value is -4.14. The van der Waals surface area contributed by atoms with E-state index >= 15 is 0 Å². The van der Waals surface area contributed by atoms with Gasteiger partial charge in [-0.15, -0.1) is 0 Å². The molecule has 0 N–H and O–H groups in total. The second-order valence-corrected chi connectivity index (χ2v) is 12.4. The van der Waals surface area contributed by atoms with Gasteiger partial charge >= 0.3 is 0 Å². The van der Waals surface area contributed by atoms with E-state index < -0.39 is 0 Å². The van der Waals surface area contributed by atoms with Crippen LogP contribution in [0.1, 0.15) is 42.0 Å². The first-order valence-corrected chi connectivity index (χ1v) is 15.8. The minimum absolute atomic E-state index is 0.0785. The molecule has 0 atom stereocenters. The number of benzene rings is 2. The maximum Gasteiger partial charge on any atom is 0.270 e. The van der Waals surface area contributed by atoms with Gasteiger partial charge in [-0.25, -0.2) is 4.39 Å². The molecule has 11 heteroatoms. The number of nitrogens with zero attached hydrogens (tertiary/aromatic N) is 5. The quantitative estimate of drug-likeness (QED) is 0.220. The largest absolute Gasteiger partial charge is 0.497 e. The molecule has 3 heterocycles. The molecule has 3 aromatic rings. The molecule has 0 bridgehead atoms. The Bertz CT molecular complexity index is 1690. The van der Waals surface area contributed by atoms with E-state index in [1.807, 2.05) is 24.3 Å². The highest BCUT2D eigenvalue weighted by molar-refractivity contribution is 8.26. The summed E-state index contributed by atoms with van der Waals surface area (Å²) in [5.41, 5.74) is 2.83. The number of ether oxygens (including phenoxy) is 1. The van der Waals surface area contributed by atoms with E-state index in [1.54, 1.807) is 41.7 Å². The zero-order valence-corrected chi connectivity index (χ0v) is 26.6. The van der Waals surface area contributed by atoms with Gasteiger partial charge in [0.1, 0.15) is 33.3 Å². The topological polar surface area (TPSA) is 81.8 Å². The third kappa shape index (κ3) is 6.37. The fraction of sp³-hybridized carbons (Fsp3) is 0.333. The summed E-state index contributed by atoms with van der Waals surface area (Å²) in [5, 5.41) is 10.0. The molecule has 2 aliphatic rings. The van der Waals surface area contributed by atoms with E-state index in [1.165, 1.54) is 23.9 Å². The van der Waals surface area contributed by atoms with Crippen LogP contribution in [0, 0.1) is 24.1 Å². The molecule has 2 fully saturated rings. The van der Waals surface area contributed by atoms with E-state index in [4.69, 9.17) is 17.0 Å². The number of carbonyl (C=O) groups is 1. The average molecular weight is 632 g/mol. The van der Waals surface area contributed by atoms with Gasteiger partial charge in [-0.3, -0.25) is 19.1 Å². The molecule has 0 spiro atoms. The molecule has 8 nitrogen and oxygen atoms in total. The predicted octanol–water partition coefficient (Wildman–Crippen LogP) is 5.70. The Morgan fingerprint density at radius 2 is 1.70 bits per heavy atom. The number of thiocarbonyl (C=S) groups is 1. The summed E-state index contributed by atoms with van der Waals surface area (Å²) in [6.07, 6.45) is 3.44. The molecule has 44 heavy (non-hydrogen) atoms. The third-order valence-corrected chi connectivity index (χ3v) is 9.38. The molecule has 0 radical (unpaired) electrons. The molecule has 0 saturated carbocycles.